The van der Waals surface area contributed by atoms with Crippen LogP contribution in [0.1, 0.15) is 31.2 Å². The standard InChI is InChI=1S/C31H50N6O12S/c1-44-47-19-36(13-12-35(16-28(39)40)17-29(41)42)15-24(37(20-48-45-2)21-49-46-3)14-22-8-10-23(11-9-22)32-27(38)7-5-4-6-26-30-25(18-50-26)33-31(43)34-30/h8-11,24-26,30H,4-7,12-21H2,1-3H3,(H,32,38)(H,39,40)(H,41,42)(H2,33,34,43). The van der Waals surface area contributed by atoms with Crippen LogP contribution in [0.5, 0.6) is 0 Å². The van der Waals surface area contributed by atoms with E-state index >= 15 is 0 Å². The molecule has 3 amide bonds. The van der Waals surface area contributed by atoms with Crippen molar-refractivity contribution in [3.8, 4) is 0 Å². The molecule has 0 aliphatic carbocycles. The van der Waals surface area contributed by atoms with Crippen LogP contribution in [0.2, 0.25) is 0 Å². The van der Waals surface area contributed by atoms with Crippen LogP contribution in [0.25, 0.3) is 0 Å². The summed E-state index contributed by atoms with van der Waals surface area (Å²) in [7, 11) is 4.13. The van der Waals surface area contributed by atoms with Gasteiger partial charge in [-0.25, -0.2) is 39.0 Å². The number of amides is 3. The molecule has 2 fully saturated rings. The summed E-state index contributed by atoms with van der Waals surface area (Å²) in [6, 6.07) is 7.42. The molecule has 19 heteroatoms. The maximum absolute atomic E-state index is 12.7. The quantitative estimate of drug-likeness (QED) is 0.0281. The summed E-state index contributed by atoms with van der Waals surface area (Å²) in [6.07, 6.45) is 3.45. The molecule has 4 atom stereocenters. The lowest BCUT2D eigenvalue weighted by molar-refractivity contribution is -0.339. The van der Waals surface area contributed by atoms with Crippen molar-refractivity contribution in [3.05, 3.63) is 29.8 Å². The lowest BCUT2D eigenvalue weighted by Crippen LogP contribution is -2.49. The smallest absolute Gasteiger partial charge is 0.317 e. The Morgan fingerprint density at radius 3 is 2.14 bits per heavy atom. The third kappa shape index (κ3) is 15.0. The van der Waals surface area contributed by atoms with E-state index in [-0.39, 0.29) is 63.3 Å². The Balaban J connectivity index is 1.60. The number of thioether (sulfide) groups is 1. The molecule has 18 nitrogen and oxygen atoms in total. The lowest BCUT2D eigenvalue weighted by Gasteiger charge is -2.34. The number of nitrogens with zero attached hydrogens (tertiary/aromatic N) is 3. The number of unbranched alkanes of at least 4 members (excludes halogenated alkanes) is 1. The molecular formula is C31H50N6O12S. The first-order chi connectivity index (χ1) is 24.1. The minimum atomic E-state index is -1.14. The second-order valence-corrected chi connectivity index (χ2v) is 13.1. The van der Waals surface area contributed by atoms with E-state index in [1.165, 1.54) is 26.2 Å². The maximum Gasteiger partial charge on any atom is 0.317 e. The zero-order valence-electron chi connectivity index (χ0n) is 28.7. The Kier molecular flexibility index (Phi) is 18.7. The summed E-state index contributed by atoms with van der Waals surface area (Å²) in [6.45, 7) is -0.138. The fourth-order valence-electron chi connectivity index (χ4n) is 5.81. The van der Waals surface area contributed by atoms with Crippen molar-refractivity contribution < 1.29 is 58.7 Å². The van der Waals surface area contributed by atoms with Gasteiger partial charge in [0.1, 0.15) is 20.2 Å². The second kappa shape index (κ2) is 22.7. The van der Waals surface area contributed by atoms with Gasteiger partial charge in [-0.1, -0.05) is 18.6 Å². The van der Waals surface area contributed by atoms with Crippen molar-refractivity contribution in [1.82, 2.24) is 25.3 Å². The summed E-state index contributed by atoms with van der Waals surface area (Å²) in [4.78, 5) is 82.0. The first kappa shape index (κ1) is 41.3. The highest BCUT2D eigenvalue weighted by Gasteiger charge is 2.42. The van der Waals surface area contributed by atoms with Gasteiger partial charge in [0.05, 0.1) is 46.5 Å². The van der Waals surface area contributed by atoms with Crippen LogP contribution >= 0.6 is 11.8 Å². The third-order valence-corrected chi connectivity index (χ3v) is 9.76. The van der Waals surface area contributed by atoms with Gasteiger partial charge >= 0.3 is 18.0 Å². The number of rotatable bonds is 27. The molecule has 2 saturated heterocycles. The number of nitrogens with one attached hydrogen (secondary N) is 3. The molecule has 3 rings (SSSR count). The Morgan fingerprint density at radius 1 is 0.900 bits per heavy atom. The largest absolute Gasteiger partial charge is 0.480 e. The molecule has 0 aromatic heterocycles. The molecule has 0 spiro atoms. The molecule has 0 radical (unpaired) electrons. The number of hydrogen-bond acceptors (Lipinski definition) is 14. The number of hydrogen-bond donors (Lipinski definition) is 5. The first-order valence-electron chi connectivity index (χ1n) is 16.3. The van der Waals surface area contributed by atoms with Crippen molar-refractivity contribution in [1.29, 1.82) is 0 Å². The van der Waals surface area contributed by atoms with Crippen LogP contribution < -0.4 is 16.0 Å². The number of aliphatic carboxylic acids is 2. The van der Waals surface area contributed by atoms with Gasteiger partial charge in [-0.3, -0.25) is 24.2 Å². The van der Waals surface area contributed by atoms with Gasteiger partial charge in [-0.05, 0) is 37.0 Å². The Labute approximate surface area is 295 Å². The number of anilines is 1. The van der Waals surface area contributed by atoms with E-state index in [0.29, 0.717) is 30.3 Å². The number of carboxylic acid groups (broad SMARTS) is 2. The van der Waals surface area contributed by atoms with Crippen LogP contribution in [-0.2, 0) is 50.1 Å². The van der Waals surface area contributed by atoms with Crippen LogP contribution in [0.3, 0.4) is 0 Å². The lowest BCUT2D eigenvalue weighted by atomic mass is 10.0. The number of carboxylic acids is 2. The first-order valence-corrected chi connectivity index (χ1v) is 17.3. The van der Waals surface area contributed by atoms with Crippen LogP contribution in [0.15, 0.2) is 24.3 Å². The van der Waals surface area contributed by atoms with Crippen molar-refractivity contribution >= 4 is 41.3 Å². The molecule has 2 heterocycles. The molecule has 0 saturated carbocycles. The summed E-state index contributed by atoms with van der Waals surface area (Å²) in [5.41, 5.74) is 1.60. The number of benzene rings is 1. The number of carbonyl (C=O) groups excluding carboxylic acids is 2. The van der Waals surface area contributed by atoms with E-state index in [2.05, 4.69) is 16.0 Å². The summed E-state index contributed by atoms with van der Waals surface area (Å²) in [5.74, 6) is -1.44. The minimum absolute atomic E-state index is 0.00439. The molecule has 2 aliphatic heterocycles. The summed E-state index contributed by atoms with van der Waals surface area (Å²) < 4.78 is 0. The Bertz CT molecular complexity index is 1180. The van der Waals surface area contributed by atoms with Gasteiger partial charge in [0, 0.05) is 48.8 Å². The van der Waals surface area contributed by atoms with E-state index in [1.54, 1.807) is 0 Å². The van der Waals surface area contributed by atoms with Crippen LogP contribution in [0, 0.1) is 0 Å². The molecule has 4 unspecified atom stereocenters. The number of urea groups is 1. The van der Waals surface area contributed by atoms with E-state index in [4.69, 9.17) is 29.3 Å². The predicted octanol–water partition coefficient (Wildman–Crippen LogP) is 0.944. The van der Waals surface area contributed by atoms with E-state index in [0.717, 1.165) is 30.6 Å². The van der Waals surface area contributed by atoms with Crippen LogP contribution in [0.4, 0.5) is 10.5 Å². The van der Waals surface area contributed by atoms with Gasteiger partial charge in [0.15, 0.2) is 0 Å². The Morgan fingerprint density at radius 2 is 1.52 bits per heavy atom. The van der Waals surface area contributed by atoms with Gasteiger partial charge in [0.2, 0.25) is 5.91 Å². The topological polar surface area (TPSA) is 210 Å². The highest BCUT2D eigenvalue weighted by atomic mass is 32.2. The zero-order valence-corrected chi connectivity index (χ0v) is 29.6. The predicted molar refractivity (Wildman–Crippen MR) is 181 cm³/mol. The normalized spacial score (nSPS) is 19.1. The highest BCUT2D eigenvalue weighted by molar-refractivity contribution is 8.00. The minimum Gasteiger partial charge on any atom is -0.480 e. The van der Waals surface area contributed by atoms with E-state index in [1.807, 2.05) is 45.8 Å². The van der Waals surface area contributed by atoms with Crippen molar-refractivity contribution in [2.24, 2.45) is 0 Å². The number of fused-ring (bicyclic) bond motifs is 1. The molecule has 2 aliphatic rings. The number of carbonyl (C=O) groups is 4. The molecule has 1 aromatic rings. The average molecular weight is 731 g/mol. The van der Waals surface area contributed by atoms with Crippen LogP contribution in [-0.4, -0.2) is 152 Å². The molecule has 50 heavy (non-hydrogen) atoms. The molecular weight excluding hydrogens is 680 g/mol. The van der Waals surface area contributed by atoms with Gasteiger partial charge in [-0.15, -0.1) is 0 Å². The second-order valence-electron chi connectivity index (χ2n) is 11.9. The molecule has 1 aromatic carbocycles. The maximum atomic E-state index is 12.7. The summed E-state index contributed by atoms with van der Waals surface area (Å²) in [5, 5.41) is 27.8. The average Bonchev–Trinajstić information content (AvgIpc) is 3.63. The zero-order chi connectivity index (χ0) is 36.3. The SMILES string of the molecule is COOCN(CCN(CC(=O)O)CC(=O)O)CC(Cc1ccc(NC(=O)CCCCC2SCC3NC(=O)NC32)cc1)N(COOC)COOC. The highest BCUT2D eigenvalue weighted by Crippen LogP contribution is 2.33. The van der Waals surface area contributed by atoms with E-state index in [9.17, 15) is 29.4 Å². The van der Waals surface area contributed by atoms with Crippen molar-refractivity contribution in [2.45, 2.75) is 55.5 Å². The van der Waals surface area contributed by atoms with E-state index < -0.39 is 25.0 Å². The Hall–Kier alpha value is -3.11. The molecule has 282 valence electrons. The van der Waals surface area contributed by atoms with Crippen molar-refractivity contribution in [3.63, 3.8) is 0 Å². The molecule has 5 N–H and O–H groups in total. The summed E-state index contributed by atoms with van der Waals surface area (Å²) >= 11 is 1.86. The van der Waals surface area contributed by atoms with Gasteiger partial charge in [-0.2, -0.15) is 11.8 Å². The fourth-order valence-corrected chi connectivity index (χ4v) is 7.35. The fraction of sp³-hybridized carbons (Fsp3) is 0.677. The van der Waals surface area contributed by atoms with Crippen molar-refractivity contribution in [2.75, 3.05) is 85.3 Å². The third-order valence-electron chi connectivity index (χ3n) is 8.25. The van der Waals surface area contributed by atoms with Gasteiger partial charge in [0.25, 0.3) is 0 Å². The monoisotopic (exact) mass is 730 g/mol. The molecule has 0 bridgehead atoms. The van der Waals surface area contributed by atoms with Gasteiger partial charge < -0.3 is 26.2 Å².